The Hall–Kier alpha value is -3.08. The molecule has 3 rings (SSSR count). The van der Waals surface area contributed by atoms with Crippen molar-refractivity contribution in [2.45, 2.75) is 26.3 Å². The van der Waals surface area contributed by atoms with E-state index in [-0.39, 0.29) is 12.3 Å². The summed E-state index contributed by atoms with van der Waals surface area (Å²) in [5, 5.41) is 13.1. The van der Waals surface area contributed by atoms with Crippen LogP contribution in [-0.4, -0.2) is 28.0 Å². The van der Waals surface area contributed by atoms with Crippen LogP contribution in [0, 0.1) is 13.8 Å². The minimum atomic E-state index is -1.05. The first-order valence-corrected chi connectivity index (χ1v) is 8.11. The summed E-state index contributed by atoms with van der Waals surface area (Å²) in [5.41, 5.74) is 4.22. The van der Waals surface area contributed by atoms with E-state index in [1.54, 1.807) is 18.3 Å². The van der Waals surface area contributed by atoms with Gasteiger partial charge in [0.15, 0.2) is 0 Å². The SMILES string of the molecule is Cc1cc(C)cc(C(=O)NC(Cc2c[nH]c3ccccc23)C(=O)O)c1. The van der Waals surface area contributed by atoms with Crippen molar-refractivity contribution in [1.29, 1.82) is 0 Å². The highest BCUT2D eigenvalue weighted by atomic mass is 16.4. The summed E-state index contributed by atoms with van der Waals surface area (Å²) < 4.78 is 0. The standard InChI is InChI=1S/C20H20N2O3/c1-12-7-13(2)9-14(8-12)19(23)22-18(20(24)25)10-15-11-21-17-6-4-3-5-16(15)17/h3-9,11,18,21H,10H2,1-2H3,(H,22,23)(H,24,25). The Labute approximate surface area is 145 Å². The fraction of sp³-hybridized carbons (Fsp3) is 0.200. The van der Waals surface area contributed by atoms with Gasteiger partial charge in [-0.1, -0.05) is 35.4 Å². The molecule has 5 nitrogen and oxygen atoms in total. The van der Waals surface area contributed by atoms with Crippen molar-refractivity contribution < 1.29 is 14.7 Å². The normalized spacial score (nSPS) is 12.1. The Morgan fingerprint density at radius 3 is 2.48 bits per heavy atom. The maximum absolute atomic E-state index is 12.5. The van der Waals surface area contributed by atoms with Crippen LogP contribution in [0.25, 0.3) is 10.9 Å². The number of aromatic nitrogens is 1. The molecule has 0 saturated heterocycles. The third-order valence-electron chi connectivity index (χ3n) is 4.19. The predicted octanol–water partition coefficient (Wildman–Crippen LogP) is 3.21. The number of carboxylic acids is 1. The molecule has 0 fully saturated rings. The Morgan fingerprint density at radius 1 is 1.12 bits per heavy atom. The summed E-state index contributed by atoms with van der Waals surface area (Å²) in [6, 6.07) is 12.2. The monoisotopic (exact) mass is 336 g/mol. The molecule has 1 heterocycles. The maximum Gasteiger partial charge on any atom is 0.326 e. The molecule has 3 aromatic rings. The Morgan fingerprint density at radius 2 is 1.80 bits per heavy atom. The van der Waals surface area contributed by atoms with Gasteiger partial charge in [0.2, 0.25) is 0 Å². The molecule has 5 heteroatoms. The molecule has 0 aliphatic heterocycles. The van der Waals surface area contributed by atoms with E-state index >= 15 is 0 Å². The first-order valence-electron chi connectivity index (χ1n) is 8.11. The van der Waals surface area contributed by atoms with E-state index in [0.717, 1.165) is 27.6 Å². The highest BCUT2D eigenvalue weighted by Crippen LogP contribution is 2.19. The summed E-state index contributed by atoms with van der Waals surface area (Å²) >= 11 is 0. The molecule has 1 amide bonds. The van der Waals surface area contributed by atoms with Crippen molar-refractivity contribution in [3.8, 4) is 0 Å². The summed E-state index contributed by atoms with van der Waals surface area (Å²) in [6.07, 6.45) is 2.01. The lowest BCUT2D eigenvalue weighted by Crippen LogP contribution is -2.42. The average Bonchev–Trinajstić information content (AvgIpc) is 2.96. The third-order valence-corrected chi connectivity index (χ3v) is 4.19. The number of para-hydroxylation sites is 1. The second-order valence-electron chi connectivity index (χ2n) is 6.30. The van der Waals surface area contributed by atoms with E-state index in [1.165, 1.54) is 0 Å². The van der Waals surface area contributed by atoms with Crippen LogP contribution in [0.5, 0.6) is 0 Å². The van der Waals surface area contributed by atoms with E-state index in [1.807, 2.05) is 44.2 Å². The predicted molar refractivity (Wildman–Crippen MR) is 96.8 cm³/mol. The number of aryl methyl sites for hydroxylation is 2. The molecule has 1 atom stereocenters. The fourth-order valence-electron chi connectivity index (χ4n) is 3.07. The van der Waals surface area contributed by atoms with Crippen molar-refractivity contribution in [1.82, 2.24) is 10.3 Å². The lowest BCUT2D eigenvalue weighted by atomic mass is 10.0. The smallest absolute Gasteiger partial charge is 0.326 e. The number of H-pyrrole nitrogens is 1. The van der Waals surface area contributed by atoms with Gasteiger partial charge in [0.1, 0.15) is 6.04 Å². The first kappa shape index (κ1) is 16.8. The van der Waals surface area contributed by atoms with Gasteiger partial charge in [-0.3, -0.25) is 4.79 Å². The summed E-state index contributed by atoms with van der Waals surface area (Å²) in [7, 11) is 0. The molecule has 3 N–H and O–H groups in total. The van der Waals surface area contributed by atoms with Crippen LogP contribution in [-0.2, 0) is 11.2 Å². The minimum absolute atomic E-state index is 0.218. The Balaban J connectivity index is 1.82. The molecule has 0 radical (unpaired) electrons. The quantitative estimate of drug-likeness (QED) is 0.669. The summed E-state index contributed by atoms with van der Waals surface area (Å²) in [5.74, 6) is -1.43. The molecule has 0 bridgehead atoms. The lowest BCUT2D eigenvalue weighted by Gasteiger charge is -2.15. The first-order chi connectivity index (χ1) is 11.9. The van der Waals surface area contributed by atoms with E-state index in [2.05, 4.69) is 10.3 Å². The topological polar surface area (TPSA) is 82.2 Å². The number of hydrogen-bond donors (Lipinski definition) is 3. The van der Waals surface area contributed by atoms with Crippen molar-refractivity contribution >= 4 is 22.8 Å². The molecule has 0 aliphatic rings. The van der Waals surface area contributed by atoms with Gasteiger partial charge in [0.25, 0.3) is 5.91 Å². The summed E-state index contributed by atoms with van der Waals surface area (Å²) in [4.78, 5) is 27.2. The third kappa shape index (κ3) is 3.71. The number of amides is 1. The highest BCUT2D eigenvalue weighted by molar-refractivity contribution is 5.97. The maximum atomic E-state index is 12.5. The molecular weight excluding hydrogens is 316 g/mol. The van der Waals surface area contributed by atoms with Crippen molar-refractivity contribution in [3.63, 3.8) is 0 Å². The Bertz CT molecular complexity index is 923. The van der Waals surface area contributed by atoms with Crippen LogP contribution >= 0.6 is 0 Å². The zero-order chi connectivity index (χ0) is 18.0. The molecule has 128 valence electrons. The number of aromatic amines is 1. The van der Waals surface area contributed by atoms with Gasteiger partial charge in [-0.15, -0.1) is 0 Å². The number of benzene rings is 2. The number of fused-ring (bicyclic) bond motifs is 1. The van der Waals surface area contributed by atoms with Crippen molar-refractivity contribution in [2.75, 3.05) is 0 Å². The molecule has 1 unspecified atom stereocenters. The Kier molecular flexibility index (Phi) is 4.57. The zero-order valence-corrected chi connectivity index (χ0v) is 14.2. The van der Waals surface area contributed by atoms with Crippen LogP contribution in [0.4, 0.5) is 0 Å². The largest absolute Gasteiger partial charge is 0.480 e. The van der Waals surface area contributed by atoms with Gasteiger partial charge in [-0.05, 0) is 37.6 Å². The minimum Gasteiger partial charge on any atom is -0.480 e. The van der Waals surface area contributed by atoms with Gasteiger partial charge in [0.05, 0.1) is 0 Å². The molecule has 2 aromatic carbocycles. The average molecular weight is 336 g/mol. The fourth-order valence-corrected chi connectivity index (χ4v) is 3.07. The molecule has 0 aliphatic carbocycles. The van der Waals surface area contributed by atoms with Crippen molar-refractivity contribution in [2.24, 2.45) is 0 Å². The molecular formula is C20H20N2O3. The number of carbonyl (C=O) groups excluding carboxylic acids is 1. The lowest BCUT2D eigenvalue weighted by molar-refractivity contribution is -0.139. The van der Waals surface area contributed by atoms with E-state index in [0.29, 0.717) is 5.56 Å². The van der Waals surface area contributed by atoms with Crippen LogP contribution in [0.2, 0.25) is 0 Å². The summed E-state index contributed by atoms with van der Waals surface area (Å²) in [6.45, 7) is 3.81. The van der Waals surface area contributed by atoms with Crippen LogP contribution in [0.15, 0.2) is 48.7 Å². The van der Waals surface area contributed by atoms with Gasteiger partial charge in [0, 0.05) is 29.1 Å². The molecule has 1 aromatic heterocycles. The number of carbonyl (C=O) groups is 2. The number of aliphatic carboxylic acids is 1. The number of nitrogens with one attached hydrogen (secondary N) is 2. The highest BCUT2D eigenvalue weighted by Gasteiger charge is 2.22. The van der Waals surface area contributed by atoms with Gasteiger partial charge < -0.3 is 15.4 Å². The molecule has 0 saturated carbocycles. The van der Waals surface area contributed by atoms with Crippen LogP contribution in [0.1, 0.15) is 27.0 Å². The number of hydrogen-bond acceptors (Lipinski definition) is 2. The number of carboxylic acid groups (broad SMARTS) is 1. The van der Waals surface area contributed by atoms with E-state index < -0.39 is 12.0 Å². The van der Waals surface area contributed by atoms with Crippen LogP contribution < -0.4 is 5.32 Å². The van der Waals surface area contributed by atoms with Gasteiger partial charge >= 0.3 is 5.97 Å². The molecule has 0 spiro atoms. The van der Waals surface area contributed by atoms with Crippen molar-refractivity contribution in [3.05, 3.63) is 70.9 Å². The van der Waals surface area contributed by atoms with E-state index in [4.69, 9.17) is 0 Å². The van der Waals surface area contributed by atoms with Gasteiger partial charge in [-0.2, -0.15) is 0 Å². The zero-order valence-electron chi connectivity index (χ0n) is 14.2. The second-order valence-corrected chi connectivity index (χ2v) is 6.30. The molecule has 25 heavy (non-hydrogen) atoms. The van der Waals surface area contributed by atoms with Gasteiger partial charge in [-0.25, -0.2) is 4.79 Å². The van der Waals surface area contributed by atoms with Crippen LogP contribution in [0.3, 0.4) is 0 Å². The van der Waals surface area contributed by atoms with E-state index in [9.17, 15) is 14.7 Å². The number of rotatable bonds is 5. The second kappa shape index (κ2) is 6.81.